The highest BCUT2D eigenvalue weighted by molar-refractivity contribution is 6.16. The molecule has 0 saturated heterocycles. The Morgan fingerprint density at radius 2 is 1.74 bits per heavy atom. The maximum absolute atomic E-state index is 13.2. The van der Waals surface area contributed by atoms with Crippen LogP contribution in [0.3, 0.4) is 0 Å². The van der Waals surface area contributed by atoms with Crippen molar-refractivity contribution in [3.8, 4) is 11.5 Å². The Morgan fingerprint density at radius 1 is 1.10 bits per heavy atom. The number of ketones is 1. The van der Waals surface area contributed by atoms with E-state index in [1.165, 1.54) is 4.90 Å². The Balaban J connectivity index is 2.24. The molecule has 6 heteroatoms. The van der Waals surface area contributed by atoms with Gasteiger partial charge in [-0.3, -0.25) is 14.5 Å². The summed E-state index contributed by atoms with van der Waals surface area (Å²) < 4.78 is 11.1. The first kappa shape index (κ1) is 22.4. The number of carbonyl (C=O) groups excluding carboxylic acids is 2. The molecular formula is C25H29NO5. The number of benzene rings is 2. The fraction of sp³-hybridized carbons (Fsp3) is 0.360. The standard InChI is InChI=1S/C25H29NO5/c1-7-31-20-13-17(8-9-19(20)30-6)22-21(23(27)14(2)3)24(28)25(29)26(22)18-11-15(4)10-16(5)12-18/h8-14,22,28H,7H2,1-6H3. The normalized spacial score (nSPS) is 16.3. The smallest absolute Gasteiger partial charge is 0.294 e. The van der Waals surface area contributed by atoms with Crippen LogP contribution in [0.4, 0.5) is 5.69 Å². The van der Waals surface area contributed by atoms with E-state index in [9.17, 15) is 14.7 Å². The van der Waals surface area contributed by atoms with Crippen molar-refractivity contribution in [1.29, 1.82) is 0 Å². The number of aliphatic hydroxyl groups excluding tert-OH is 1. The number of aliphatic hydroxyl groups is 1. The molecule has 1 aliphatic rings. The number of hydrogen-bond acceptors (Lipinski definition) is 5. The van der Waals surface area contributed by atoms with E-state index in [-0.39, 0.29) is 17.3 Å². The molecule has 0 aliphatic carbocycles. The van der Waals surface area contributed by atoms with Crippen molar-refractivity contribution in [2.24, 2.45) is 5.92 Å². The minimum atomic E-state index is -0.770. The second kappa shape index (κ2) is 8.84. The number of nitrogens with zero attached hydrogens (tertiary/aromatic N) is 1. The SMILES string of the molecule is CCOc1cc(C2C(C(=O)C(C)C)=C(O)C(=O)N2c2cc(C)cc(C)c2)ccc1OC. The highest BCUT2D eigenvalue weighted by atomic mass is 16.5. The topological polar surface area (TPSA) is 76.1 Å². The molecule has 0 bridgehead atoms. The summed E-state index contributed by atoms with van der Waals surface area (Å²) in [4.78, 5) is 27.8. The number of amides is 1. The van der Waals surface area contributed by atoms with Gasteiger partial charge in [-0.2, -0.15) is 0 Å². The van der Waals surface area contributed by atoms with Crippen molar-refractivity contribution in [3.05, 3.63) is 64.4 Å². The van der Waals surface area contributed by atoms with E-state index in [0.717, 1.165) is 11.1 Å². The number of methoxy groups -OCH3 is 1. The zero-order valence-corrected chi connectivity index (χ0v) is 18.9. The third-order valence-electron chi connectivity index (χ3n) is 5.29. The predicted octanol–water partition coefficient (Wildman–Crippen LogP) is 4.84. The van der Waals surface area contributed by atoms with E-state index in [1.807, 2.05) is 39.0 Å². The molecule has 1 atom stereocenters. The average Bonchev–Trinajstić information content (AvgIpc) is 2.97. The molecule has 164 valence electrons. The lowest BCUT2D eigenvalue weighted by molar-refractivity contribution is -0.119. The largest absolute Gasteiger partial charge is 0.503 e. The lowest BCUT2D eigenvalue weighted by Crippen LogP contribution is -2.31. The average molecular weight is 424 g/mol. The van der Waals surface area contributed by atoms with Crippen LogP contribution in [-0.2, 0) is 9.59 Å². The Bertz CT molecular complexity index is 1030. The van der Waals surface area contributed by atoms with E-state index in [1.54, 1.807) is 39.2 Å². The van der Waals surface area contributed by atoms with Gasteiger partial charge in [0, 0.05) is 11.6 Å². The predicted molar refractivity (Wildman–Crippen MR) is 120 cm³/mol. The van der Waals surface area contributed by atoms with Gasteiger partial charge in [-0.1, -0.05) is 26.0 Å². The van der Waals surface area contributed by atoms with Crippen molar-refractivity contribution in [1.82, 2.24) is 0 Å². The van der Waals surface area contributed by atoms with Crippen LogP contribution >= 0.6 is 0 Å². The maximum atomic E-state index is 13.2. The van der Waals surface area contributed by atoms with Crippen molar-refractivity contribution in [3.63, 3.8) is 0 Å². The van der Waals surface area contributed by atoms with Gasteiger partial charge in [0.1, 0.15) is 0 Å². The van der Waals surface area contributed by atoms with Crippen LogP contribution in [0, 0.1) is 19.8 Å². The quantitative estimate of drug-likeness (QED) is 0.690. The molecule has 31 heavy (non-hydrogen) atoms. The number of rotatable bonds is 7. The first-order chi connectivity index (χ1) is 14.7. The van der Waals surface area contributed by atoms with Gasteiger partial charge < -0.3 is 14.6 Å². The number of Topliss-reactive ketones (excluding diaryl/α,β-unsaturated/α-hetero) is 1. The summed E-state index contributed by atoms with van der Waals surface area (Å²) in [5, 5.41) is 10.8. The summed E-state index contributed by atoms with van der Waals surface area (Å²) in [6.07, 6.45) is 0. The van der Waals surface area contributed by atoms with Crippen LogP contribution in [-0.4, -0.2) is 30.5 Å². The summed E-state index contributed by atoms with van der Waals surface area (Å²) in [6, 6.07) is 10.3. The maximum Gasteiger partial charge on any atom is 0.294 e. The molecule has 6 nitrogen and oxygen atoms in total. The number of anilines is 1. The van der Waals surface area contributed by atoms with Gasteiger partial charge in [0.2, 0.25) is 0 Å². The molecule has 1 heterocycles. The fourth-order valence-electron chi connectivity index (χ4n) is 3.97. The third kappa shape index (κ3) is 4.15. The van der Waals surface area contributed by atoms with Crippen molar-refractivity contribution < 1.29 is 24.2 Å². The summed E-state index contributed by atoms with van der Waals surface area (Å²) in [5.74, 6) is -0.673. The monoisotopic (exact) mass is 423 g/mol. The Kier molecular flexibility index (Phi) is 6.39. The molecule has 1 unspecified atom stereocenters. The van der Waals surface area contributed by atoms with Gasteiger partial charge in [-0.05, 0) is 61.7 Å². The molecule has 0 saturated carbocycles. The molecule has 0 aromatic heterocycles. The summed E-state index contributed by atoms with van der Waals surface area (Å²) in [6.45, 7) is 9.70. The number of hydrogen-bond donors (Lipinski definition) is 1. The molecule has 0 spiro atoms. The first-order valence-corrected chi connectivity index (χ1v) is 10.4. The molecule has 0 radical (unpaired) electrons. The number of aryl methyl sites for hydroxylation is 2. The minimum Gasteiger partial charge on any atom is -0.503 e. The number of ether oxygens (including phenoxy) is 2. The fourth-order valence-corrected chi connectivity index (χ4v) is 3.97. The molecule has 3 rings (SSSR count). The van der Waals surface area contributed by atoms with E-state index >= 15 is 0 Å². The van der Waals surface area contributed by atoms with Gasteiger partial charge >= 0.3 is 0 Å². The molecule has 1 amide bonds. The first-order valence-electron chi connectivity index (χ1n) is 10.4. The highest BCUT2D eigenvalue weighted by Gasteiger charge is 2.45. The van der Waals surface area contributed by atoms with Crippen LogP contribution < -0.4 is 14.4 Å². The highest BCUT2D eigenvalue weighted by Crippen LogP contribution is 2.44. The second-order valence-electron chi connectivity index (χ2n) is 8.05. The minimum absolute atomic E-state index is 0.103. The molecule has 0 fully saturated rings. The van der Waals surface area contributed by atoms with Crippen LogP contribution in [0.1, 0.15) is 43.5 Å². The lowest BCUT2D eigenvalue weighted by Gasteiger charge is -2.28. The van der Waals surface area contributed by atoms with Gasteiger partial charge in [0.15, 0.2) is 23.0 Å². The zero-order chi connectivity index (χ0) is 22.9. The Hall–Kier alpha value is -3.28. The van der Waals surface area contributed by atoms with Gasteiger partial charge in [-0.15, -0.1) is 0 Å². The van der Waals surface area contributed by atoms with Crippen molar-refractivity contribution in [2.75, 3.05) is 18.6 Å². The van der Waals surface area contributed by atoms with Crippen LogP contribution in [0.2, 0.25) is 0 Å². The lowest BCUT2D eigenvalue weighted by atomic mass is 9.91. The van der Waals surface area contributed by atoms with Gasteiger partial charge in [-0.25, -0.2) is 0 Å². The van der Waals surface area contributed by atoms with E-state index in [4.69, 9.17) is 9.47 Å². The summed E-state index contributed by atoms with van der Waals surface area (Å²) in [7, 11) is 1.55. The molecule has 1 aliphatic heterocycles. The van der Waals surface area contributed by atoms with E-state index < -0.39 is 17.7 Å². The molecular weight excluding hydrogens is 394 g/mol. The Labute approximate surface area is 183 Å². The van der Waals surface area contributed by atoms with Crippen LogP contribution in [0.25, 0.3) is 0 Å². The Morgan fingerprint density at radius 3 is 2.29 bits per heavy atom. The van der Waals surface area contributed by atoms with Gasteiger partial charge in [0.05, 0.1) is 25.3 Å². The van der Waals surface area contributed by atoms with E-state index in [0.29, 0.717) is 29.4 Å². The molecule has 2 aromatic carbocycles. The third-order valence-corrected chi connectivity index (χ3v) is 5.29. The second-order valence-corrected chi connectivity index (χ2v) is 8.05. The molecule has 1 N–H and O–H groups in total. The zero-order valence-electron chi connectivity index (χ0n) is 18.9. The van der Waals surface area contributed by atoms with E-state index in [2.05, 4.69) is 0 Å². The number of carbonyl (C=O) groups is 2. The van der Waals surface area contributed by atoms with Crippen LogP contribution in [0.15, 0.2) is 47.7 Å². The van der Waals surface area contributed by atoms with Crippen molar-refractivity contribution >= 4 is 17.4 Å². The molecule has 2 aromatic rings. The summed E-state index contributed by atoms with van der Waals surface area (Å²) in [5.41, 5.74) is 3.35. The van der Waals surface area contributed by atoms with Crippen molar-refractivity contribution in [2.45, 2.75) is 40.7 Å². The van der Waals surface area contributed by atoms with Crippen LogP contribution in [0.5, 0.6) is 11.5 Å². The van der Waals surface area contributed by atoms with Gasteiger partial charge in [0.25, 0.3) is 5.91 Å². The summed E-state index contributed by atoms with van der Waals surface area (Å²) >= 11 is 0.